The second-order valence-corrected chi connectivity index (χ2v) is 6.13. The van der Waals surface area contributed by atoms with Crippen molar-refractivity contribution >= 4 is 17.9 Å². The molecule has 0 aromatic carbocycles. The molecule has 1 fully saturated rings. The summed E-state index contributed by atoms with van der Waals surface area (Å²) >= 11 is 0. The average molecular weight is 274 g/mol. The van der Waals surface area contributed by atoms with Crippen molar-refractivity contribution in [3.8, 4) is 0 Å². The molecule has 4 heteroatoms. The number of hydrogen-bond acceptors (Lipinski definition) is 3. The Balaban J connectivity index is 2.04. The Kier molecular flexibility index (Phi) is 4.42. The third-order valence-corrected chi connectivity index (χ3v) is 3.85. The summed E-state index contributed by atoms with van der Waals surface area (Å²) in [6.07, 6.45) is 8.04. The maximum absolute atomic E-state index is 10.5. The van der Waals surface area contributed by atoms with Gasteiger partial charge >= 0.3 is 5.97 Å². The van der Waals surface area contributed by atoms with Gasteiger partial charge in [-0.2, -0.15) is 0 Å². The lowest BCUT2D eigenvalue weighted by atomic mass is 9.85. The topological polar surface area (TPSA) is 53.4 Å². The first kappa shape index (κ1) is 14.6. The molecule has 0 atom stereocenters. The number of aliphatic carboxylic acids is 1. The fourth-order valence-electron chi connectivity index (χ4n) is 2.50. The van der Waals surface area contributed by atoms with E-state index in [0.717, 1.165) is 30.5 Å². The van der Waals surface area contributed by atoms with Crippen LogP contribution in [0.5, 0.6) is 0 Å². The summed E-state index contributed by atoms with van der Waals surface area (Å²) in [6, 6.07) is 3.89. The van der Waals surface area contributed by atoms with Crippen LogP contribution in [0.2, 0.25) is 0 Å². The van der Waals surface area contributed by atoms with Crippen LogP contribution in [-0.2, 0) is 4.79 Å². The summed E-state index contributed by atoms with van der Waals surface area (Å²) in [5.41, 5.74) is 1.23. The summed E-state index contributed by atoms with van der Waals surface area (Å²) in [6.45, 7) is 6.72. The molecular weight excluding hydrogens is 252 g/mol. The molecule has 1 aromatic rings. The zero-order valence-corrected chi connectivity index (χ0v) is 12.2. The summed E-state index contributed by atoms with van der Waals surface area (Å²) in [5.74, 6) is 0.0407. The van der Waals surface area contributed by atoms with Gasteiger partial charge in [-0.1, -0.05) is 13.8 Å². The van der Waals surface area contributed by atoms with Crippen LogP contribution in [0.3, 0.4) is 0 Å². The predicted octanol–water partition coefficient (Wildman–Crippen LogP) is 3.20. The Morgan fingerprint density at radius 2 is 2.15 bits per heavy atom. The van der Waals surface area contributed by atoms with Crippen molar-refractivity contribution in [2.45, 2.75) is 33.1 Å². The molecule has 0 spiro atoms. The quantitative estimate of drug-likeness (QED) is 0.860. The van der Waals surface area contributed by atoms with Gasteiger partial charge in [-0.05, 0) is 48.4 Å². The van der Waals surface area contributed by atoms with Crippen molar-refractivity contribution in [3.05, 3.63) is 30.0 Å². The van der Waals surface area contributed by atoms with Crippen molar-refractivity contribution in [2.24, 2.45) is 5.41 Å². The first-order valence-corrected chi connectivity index (χ1v) is 7.08. The van der Waals surface area contributed by atoms with E-state index >= 15 is 0 Å². The van der Waals surface area contributed by atoms with E-state index in [9.17, 15) is 4.79 Å². The molecule has 108 valence electrons. The molecule has 4 nitrogen and oxygen atoms in total. The van der Waals surface area contributed by atoms with E-state index in [0.29, 0.717) is 5.41 Å². The molecule has 0 radical (unpaired) electrons. The maximum atomic E-state index is 10.5. The predicted molar refractivity (Wildman–Crippen MR) is 80.8 cm³/mol. The molecule has 0 bridgehead atoms. The van der Waals surface area contributed by atoms with Crippen LogP contribution in [0.4, 0.5) is 5.82 Å². The van der Waals surface area contributed by atoms with E-state index < -0.39 is 5.97 Å². The smallest absolute Gasteiger partial charge is 0.328 e. The molecule has 0 unspecified atom stereocenters. The number of pyridine rings is 1. The molecule has 1 aliphatic heterocycles. The molecule has 1 saturated heterocycles. The summed E-state index contributed by atoms with van der Waals surface area (Å²) in [4.78, 5) is 17.2. The fraction of sp³-hybridized carbons (Fsp3) is 0.500. The highest BCUT2D eigenvalue weighted by atomic mass is 16.4. The van der Waals surface area contributed by atoms with Crippen molar-refractivity contribution in [2.75, 3.05) is 18.0 Å². The Bertz CT molecular complexity index is 492. The standard InChI is InChI=1S/C16H22N2O2/c1-16(2)8-3-10-18(11-9-16)14-6-4-13(12-17-14)5-7-15(19)20/h4-7,12H,3,8-11H2,1-2H3,(H,19,20)/b7-5+. The number of aromatic nitrogens is 1. The molecule has 2 heterocycles. The zero-order chi connectivity index (χ0) is 14.6. The third-order valence-electron chi connectivity index (χ3n) is 3.85. The van der Waals surface area contributed by atoms with Crippen LogP contribution in [0.1, 0.15) is 38.7 Å². The Labute approximate surface area is 120 Å². The summed E-state index contributed by atoms with van der Waals surface area (Å²) < 4.78 is 0. The SMILES string of the molecule is CC1(C)CCCN(c2ccc(/C=C/C(=O)O)cn2)CC1. The molecule has 1 aromatic heterocycles. The normalized spacial score (nSPS) is 19.0. The minimum Gasteiger partial charge on any atom is -0.478 e. The van der Waals surface area contributed by atoms with Crippen LogP contribution >= 0.6 is 0 Å². The Morgan fingerprint density at radius 1 is 1.35 bits per heavy atom. The zero-order valence-electron chi connectivity index (χ0n) is 12.2. The number of hydrogen-bond donors (Lipinski definition) is 1. The molecule has 1 aliphatic rings. The highest BCUT2D eigenvalue weighted by Crippen LogP contribution is 2.31. The van der Waals surface area contributed by atoms with E-state index in [4.69, 9.17) is 5.11 Å². The van der Waals surface area contributed by atoms with Crippen molar-refractivity contribution in [1.82, 2.24) is 4.98 Å². The molecule has 0 saturated carbocycles. The first-order valence-electron chi connectivity index (χ1n) is 7.08. The lowest BCUT2D eigenvalue weighted by Gasteiger charge is -2.24. The van der Waals surface area contributed by atoms with Gasteiger partial charge in [-0.3, -0.25) is 0 Å². The lowest BCUT2D eigenvalue weighted by Crippen LogP contribution is -2.25. The van der Waals surface area contributed by atoms with E-state index in [-0.39, 0.29) is 0 Å². The Morgan fingerprint density at radius 3 is 2.80 bits per heavy atom. The molecule has 0 amide bonds. The van der Waals surface area contributed by atoms with Crippen LogP contribution in [0, 0.1) is 5.41 Å². The van der Waals surface area contributed by atoms with Crippen LogP contribution < -0.4 is 4.90 Å². The van der Waals surface area contributed by atoms with Gasteiger partial charge in [-0.25, -0.2) is 9.78 Å². The maximum Gasteiger partial charge on any atom is 0.328 e. The van der Waals surface area contributed by atoms with E-state index in [2.05, 4.69) is 23.7 Å². The Hall–Kier alpha value is -1.84. The van der Waals surface area contributed by atoms with Gasteiger partial charge in [-0.15, -0.1) is 0 Å². The highest BCUT2D eigenvalue weighted by Gasteiger charge is 2.23. The lowest BCUT2D eigenvalue weighted by molar-refractivity contribution is -0.131. The van der Waals surface area contributed by atoms with Gasteiger partial charge in [0.25, 0.3) is 0 Å². The van der Waals surface area contributed by atoms with E-state index in [1.54, 1.807) is 12.3 Å². The number of carboxylic acid groups (broad SMARTS) is 1. The van der Waals surface area contributed by atoms with Crippen molar-refractivity contribution < 1.29 is 9.90 Å². The minimum absolute atomic E-state index is 0.416. The van der Waals surface area contributed by atoms with Gasteiger partial charge in [0.1, 0.15) is 5.82 Å². The molecule has 0 aliphatic carbocycles. The minimum atomic E-state index is -0.941. The molecular formula is C16H22N2O2. The van der Waals surface area contributed by atoms with Gasteiger partial charge in [0.15, 0.2) is 0 Å². The number of carboxylic acids is 1. The van der Waals surface area contributed by atoms with Crippen molar-refractivity contribution in [3.63, 3.8) is 0 Å². The first-order chi connectivity index (χ1) is 9.46. The average Bonchev–Trinajstić information content (AvgIpc) is 2.58. The number of carbonyl (C=O) groups is 1. The molecule has 20 heavy (non-hydrogen) atoms. The van der Waals surface area contributed by atoms with Gasteiger partial charge < -0.3 is 10.0 Å². The van der Waals surface area contributed by atoms with E-state index in [1.165, 1.54) is 19.3 Å². The van der Waals surface area contributed by atoms with Gasteiger partial charge in [0, 0.05) is 25.4 Å². The number of anilines is 1. The summed E-state index contributed by atoms with van der Waals surface area (Å²) in [5, 5.41) is 8.60. The van der Waals surface area contributed by atoms with Crippen LogP contribution in [-0.4, -0.2) is 29.1 Å². The second kappa shape index (κ2) is 6.07. The fourth-order valence-corrected chi connectivity index (χ4v) is 2.50. The number of rotatable bonds is 3. The van der Waals surface area contributed by atoms with Crippen molar-refractivity contribution in [1.29, 1.82) is 0 Å². The van der Waals surface area contributed by atoms with Gasteiger partial charge in [0.05, 0.1) is 0 Å². The summed E-state index contributed by atoms with van der Waals surface area (Å²) in [7, 11) is 0. The molecule has 1 N–H and O–H groups in total. The number of nitrogens with zero attached hydrogens (tertiary/aromatic N) is 2. The highest BCUT2D eigenvalue weighted by molar-refractivity contribution is 5.85. The second-order valence-electron chi connectivity index (χ2n) is 6.13. The largest absolute Gasteiger partial charge is 0.478 e. The van der Waals surface area contributed by atoms with Crippen LogP contribution in [0.25, 0.3) is 6.08 Å². The van der Waals surface area contributed by atoms with E-state index in [1.807, 2.05) is 12.1 Å². The van der Waals surface area contributed by atoms with Crippen LogP contribution in [0.15, 0.2) is 24.4 Å². The third kappa shape index (κ3) is 4.08. The van der Waals surface area contributed by atoms with Gasteiger partial charge in [0.2, 0.25) is 0 Å². The molecule has 2 rings (SSSR count). The monoisotopic (exact) mass is 274 g/mol.